The van der Waals surface area contributed by atoms with Gasteiger partial charge in [0.05, 0.1) is 5.39 Å². The van der Waals surface area contributed by atoms with Crippen LogP contribution in [-0.2, 0) is 17.8 Å². The van der Waals surface area contributed by atoms with Crippen LogP contribution in [0.25, 0.3) is 33.9 Å². The number of pyridine rings is 2. The highest BCUT2D eigenvalue weighted by atomic mass is 19.1. The standard InChI is InChI=1S/C29H26FN5O3/c1-18(11-13-20-7-4-3-5-8-20)31-25(36)17-35-16-24(26(37)23-14-12-19(2)32-28(23)35)29-33-27(34-38-29)21-9-6-10-22(30)15-21/h3-10,12,14-16,18H,11,13,17H2,1-2H3,(H,31,36). The van der Waals surface area contributed by atoms with E-state index in [4.69, 9.17) is 4.52 Å². The fourth-order valence-electron chi connectivity index (χ4n) is 4.29. The third-order valence-corrected chi connectivity index (χ3v) is 6.23. The van der Waals surface area contributed by atoms with Crippen molar-refractivity contribution in [3.8, 4) is 22.8 Å². The summed E-state index contributed by atoms with van der Waals surface area (Å²) in [6.07, 6.45) is 3.14. The van der Waals surface area contributed by atoms with E-state index in [1.54, 1.807) is 22.8 Å². The molecule has 1 unspecified atom stereocenters. The summed E-state index contributed by atoms with van der Waals surface area (Å²) in [5.41, 5.74) is 2.50. The summed E-state index contributed by atoms with van der Waals surface area (Å²) in [6, 6.07) is 19.2. The van der Waals surface area contributed by atoms with Gasteiger partial charge in [0.25, 0.3) is 5.89 Å². The number of aromatic nitrogens is 4. The van der Waals surface area contributed by atoms with Crippen LogP contribution in [-0.4, -0.2) is 31.6 Å². The Kier molecular flexibility index (Phi) is 7.08. The van der Waals surface area contributed by atoms with E-state index in [0.717, 1.165) is 12.8 Å². The van der Waals surface area contributed by atoms with Crippen molar-refractivity contribution < 1.29 is 13.7 Å². The van der Waals surface area contributed by atoms with Crippen LogP contribution in [0.2, 0.25) is 0 Å². The Morgan fingerprint density at radius 2 is 1.89 bits per heavy atom. The van der Waals surface area contributed by atoms with E-state index in [-0.39, 0.29) is 41.2 Å². The van der Waals surface area contributed by atoms with Crippen molar-refractivity contribution in [2.24, 2.45) is 0 Å². The van der Waals surface area contributed by atoms with Crippen LogP contribution in [0.3, 0.4) is 0 Å². The van der Waals surface area contributed by atoms with Crippen molar-refractivity contribution >= 4 is 16.9 Å². The smallest absolute Gasteiger partial charge is 0.263 e. The molecule has 192 valence electrons. The summed E-state index contributed by atoms with van der Waals surface area (Å²) in [5.74, 6) is -0.525. The van der Waals surface area contributed by atoms with E-state index in [1.165, 1.54) is 30.0 Å². The zero-order valence-electron chi connectivity index (χ0n) is 21.0. The first-order chi connectivity index (χ1) is 18.4. The molecular weight excluding hydrogens is 485 g/mol. The molecule has 5 aromatic rings. The highest BCUT2D eigenvalue weighted by molar-refractivity contribution is 5.83. The van der Waals surface area contributed by atoms with Gasteiger partial charge in [-0.3, -0.25) is 9.59 Å². The number of rotatable bonds is 8. The lowest BCUT2D eigenvalue weighted by molar-refractivity contribution is -0.122. The Balaban J connectivity index is 1.42. The molecule has 1 N–H and O–H groups in total. The number of carbonyl (C=O) groups is 1. The molecule has 2 aromatic carbocycles. The van der Waals surface area contributed by atoms with Crippen LogP contribution in [0.1, 0.15) is 24.6 Å². The van der Waals surface area contributed by atoms with E-state index >= 15 is 0 Å². The van der Waals surface area contributed by atoms with E-state index in [2.05, 4.69) is 32.6 Å². The predicted molar refractivity (Wildman–Crippen MR) is 142 cm³/mol. The minimum Gasteiger partial charge on any atom is -0.352 e. The summed E-state index contributed by atoms with van der Waals surface area (Å²) in [7, 11) is 0. The molecule has 0 radical (unpaired) electrons. The summed E-state index contributed by atoms with van der Waals surface area (Å²) < 4.78 is 20.7. The van der Waals surface area contributed by atoms with Gasteiger partial charge in [0.15, 0.2) is 0 Å². The maximum atomic E-state index is 13.7. The number of hydrogen-bond acceptors (Lipinski definition) is 6. The third-order valence-electron chi connectivity index (χ3n) is 6.23. The van der Waals surface area contributed by atoms with E-state index in [0.29, 0.717) is 22.3 Å². The molecule has 3 heterocycles. The second-order valence-electron chi connectivity index (χ2n) is 9.25. The van der Waals surface area contributed by atoms with Gasteiger partial charge in [-0.25, -0.2) is 9.37 Å². The van der Waals surface area contributed by atoms with Crippen molar-refractivity contribution in [2.45, 2.75) is 39.3 Å². The number of carbonyl (C=O) groups excluding carboxylic acids is 1. The van der Waals surface area contributed by atoms with Crippen molar-refractivity contribution in [3.63, 3.8) is 0 Å². The molecule has 5 rings (SSSR count). The molecule has 38 heavy (non-hydrogen) atoms. The van der Waals surface area contributed by atoms with E-state index in [9.17, 15) is 14.0 Å². The topological polar surface area (TPSA) is 103 Å². The molecular formula is C29H26FN5O3. The summed E-state index contributed by atoms with van der Waals surface area (Å²) >= 11 is 0. The SMILES string of the molecule is Cc1ccc2c(=O)c(-c3nc(-c4cccc(F)c4)no3)cn(CC(=O)NC(C)CCc3ccccc3)c2n1. The lowest BCUT2D eigenvalue weighted by Crippen LogP contribution is -2.35. The highest BCUT2D eigenvalue weighted by Gasteiger charge is 2.20. The molecule has 3 aromatic heterocycles. The number of fused-ring (bicyclic) bond motifs is 1. The van der Waals surface area contributed by atoms with Gasteiger partial charge in [-0.2, -0.15) is 4.98 Å². The fraction of sp³-hybridized carbons (Fsp3) is 0.207. The molecule has 8 nitrogen and oxygen atoms in total. The number of hydrogen-bond donors (Lipinski definition) is 1. The summed E-state index contributed by atoms with van der Waals surface area (Å²) in [4.78, 5) is 35.2. The Hall–Kier alpha value is -4.66. The van der Waals surface area contributed by atoms with Crippen molar-refractivity contribution in [3.05, 3.63) is 100 Å². The number of benzene rings is 2. The minimum absolute atomic E-state index is 0.0258. The van der Waals surface area contributed by atoms with Crippen LogP contribution in [0.5, 0.6) is 0 Å². The second-order valence-corrected chi connectivity index (χ2v) is 9.25. The molecule has 0 aliphatic rings. The van der Waals surface area contributed by atoms with Gasteiger partial charge < -0.3 is 14.4 Å². The van der Waals surface area contributed by atoms with Gasteiger partial charge >= 0.3 is 0 Å². The van der Waals surface area contributed by atoms with Gasteiger partial charge in [0, 0.05) is 23.5 Å². The van der Waals surface area contributed by atoms with Gasteiger partial charge in [-0.15, -0.1) is 0 Å². The minimum atomic E-state index is -0.438. The molecule has 0 saturated heterocycles. The zero-order valence-corrected chi connectivity index (χ0v) is 21.0. The summed E-state index contributed by atoms with van der Waals surface area (Å²) in [5, 5.41) is 7.27. The molecule has 1 amide bonds. The largest absolute Gasteiger partial charge is 0.352 e. The number of nitrogens with one attached hydrogen (secondary N) is 1. The second kappa shape index (κ2) is 10.8. The van der Waals surface area contributed by atoms with Crippen LogP contribution >= 0.6 is 0 Å². The molecule has 0 aliphatic carbocycles. The van der Waals surface area contributed by atoms with Gasteiger partial charge in [0.1, 0.15) is 23.6 Å². The summed E-state index contributed by atoms with van der Waals surface area (Å²) in [6.45, 7) is 3.72. The van der Waals surface area contributed by atoms with E-state index < -0.39 is 5.82 Å². The van der Waals surface area contributed by atoms with Crippen LogP contribution < -0.4 is 10.7 Å². The first-order valence-electron chi connectivity index (χ1n) is 12.3. The predicted octanol–water partition coefficient (Wildman–Crippen LogP) is 4.70. The number of aryl methyl sites for hydroxylation is 2. The molecule has 1 atom stereocenters. The molecule has 0 bridgehead atoms. The van der Waals surface area contributed by atoms with E-state index in [1.807, 2.05) is 32.0 Å². The molecule has 9 heteroatoms. The molecule has 0 saturated carbocycles. The lowest BCUT2D eigenvalue weighted by Gasteiger charge is -2.16. The van der Waals surface area contributed by atoms with Crippen molar-refractivity contribution in [1.82, 2.24) is 25.0 Å². The zero-order chi connectivity index (χ0) is 26.6. The normalized spacial score (nSPS) is 12.0. The average molecular weight is 512 g/mol. The monoisotopic (exact) mass is 511 g/mol. The van der Waals surface area contributed by atoms with Gasteiger partial charge in [-0.1, -0.05) is 47.6 Å². The Morgan fingerprint density at radius 1 is 1.08 bits per heavy atom. The van der Waals surface area contributed by atoms with Gasteiger partial charge in [-0.05, 0) is 56.5 Å². The molecule has 0 aliphatic heterocycles. The Morgan fingerprint density at radius 3 is 2.68 bits per heavy atom. The lowest BCUT2D eigenvalue weighted by atomic mass is 10.1. The molecule has 0 fully saturated rings. The Bertz CT molecular complexity index is 1660. The first-order valence-corrected chi connectivity index (χ1v) is 12.3. The van der Waals surface area contributed by atoms with Crippen LogP contribution in [0.15, 0.2) is 82.2 Å². The Labute approximate surface area is 218 Å². The van der Waals surface area contributed by atoms with Crippen LogP contribution in [0, 0.1) is 12.7 Å². The van der Waals surface area contributed by atoms with Crippen LogP contribution in [0.4, 0.5) is 4.39 Å². The average Bonchev–Trinajstić information content (AvgIpc) is 3.40. The van der Waals surface area contributed by atoms with Gasteiger partial charge in [0.2, 0.25) is 17.2 Å². The van der Waals surface area contributed by atoms with Crippen molar-refractivity contribution in [1.29, 1.82) is 0 Å². The highest BCUT2D eigenvalue weighted by Crippen LogP contribution is 2.23. The number of halogens is 1. The number of amides is 1. The maximum Gasteiger partial charge on any atom is 0.263 e. The maximum absolute atomic E-state index is 13.7. The fourth-order valence-corrected chi connectivity index (χ4v) is 4.29. The van der Waals surface area contributed by atoms with Crippen molar-refractivity contribution in [2.75, 3.05) is 0 Å². The quantitative estimate of drug-likeness (QED) is 0.324. The molecule has 0 spiro atoms. The first kappa shape index (κ1) is 25.0. The number of nitrogens with zero attached hydrogens (tertiary/aromatic N) is 4. The third kappa shape index (κ3) is 5.51.